The molecule has 0 amide bonds. The second kappa shape index (κ2) is 32.3. The van der Waals surface area contributed by atoms with Crippen molar-refractivity contribution in [2.75, 3.05) is 20.1 Å². The fraction of sp³-hybridized carbons (Fsp3) is 0.259. The van der Waals surface area contributed by atoms with Crippen LogP contribution in [0.3, 0.4) is 0 Å². The summed E-state index contributed by atoms with van der Waals surface area (Å²) in [4.78, 5) is 36.4. The molecule has 0 heterocycles. The molecule has 66 heavy (non-hydrogen) atoms. The number of aliphatic imine (C=N–C) groups is 1. The highest BCUT2D eigenvalue weighted by atomic mass is 32.1. The normalized spacial score (nSPS) is 9.83. The Morgan fingerprint density at radius 1 is 0.576 bits per heavy atom. The first-order valence-electron chi connectivity index (χ1n) is 22.1. The fourth-order valence-corrected chi connectivity index (χ4v) is 6.36. The van der Waals surface area contributed by atoms with Crippen LogP contribution in [0.4, 0.5) is 0 Å². The monoisotopic (exact) mass is 917 g/mol. The Hall–Kier alpha value is -6.44. The molecule has 0 spiro atoms. The van der Waals surface area contributed by atoms with Crippen LogP contribution in [0, 0.1) is 55.4 Å². The number of carbonyl (C=O) groups is 3. The van der Waals surface area contributed by atoms with Crippen LogP contribution < -0.4 is 5.32 Å². The van der Waals surface area contributed by atoms with Gasteiger partial charge < -0.3 is 15.0 Å². The Balaban J connectivity index is 0.000000296. The molecule has 344 valence electrons. The summed E-state index contributed by atoms with van der Waals surface area (Å²) in [5.41, 5.74) is 17.0. The second-order valence-corrected chi connectivity index (χ2v) is 16.6. The number of nitrogens with zero attached hydrogens (tertiary/aromatic N) is 2. The number of benzene rings is 6. The van der Waals surface area contributed by atoms with Crippen molar-refractivity contribution in [2.45, 2.75) is 81.2 Å². The van der Waals surface area contributed by atoms with E-state index in [9.17, 15) is 14.4 Å². The largest absolute Gasteiger partial charge is 0.362 e. The summed E-state index contributed by atoms with van der Waals surface area (Å²) in [7, 11) is 2.03. The van der Waals surface area contributed by atoms with E-state index in [2.05, 4.69) is 147 Å². The number of nitrogens with one attached hydrogen (secondary N) is 1. The molecule has 0 bridgehead atoms. The van der Waals surface area contributed by atoms with E-state index in [1.807, 2.05) is 81.6 Å². The smallest absolute Gasteiger partial charge is 0.168 e. The van der Waals surface area contributed by atoms with Crippen molar-refractivity contribution in [3.63, 3.8) is 0 Å². The molecule has 6 rings (SSSR count). The number of thiocarbonyl (C=S) groups is 2. The SMILES string of the molecule is Cc1ccc(/C=C/C=O)cc1C.Cc1ccc(C=O)cc1C.Cc1ccc(CC=O)cc1C.Cc1ccc(CN(C)C(=S)NCCc2ccccc2)cc1C.S=C=NCCc1ccccc1. The van der Waals surface area contributed by atoms with Crippen LogP contribution in [0.2, 0.25) is 0 Å². The van der Waals surface area contributed by atoms with E-state index < -0.39 is 0 Å². The number of rotatable bonds is 13. The van der Waals surface area contributed by atoms with E-state index in [4.69, 9.17) is 12.2 Å². The summed E-state index contributed by atoms with van der Waals surface area (Å²) in [6, 6.07) is 45.2. The van der Waals surface area contributed by atoms with Crippen molar-refractivity contribution in [2.24, 2.45) is 4.99 Å². The lowest BCUT2D eigenvalue weighted by Crippen LogP contribution is -2.37. The van der Waals surface area contributed by atoms with Gasteiger partial charge in [-0.15, -0.1) is 0 Å². The molecule has 0 aromatic heterocycles. The van der Waals surface area contributed by atoms with Crippen molar-refractivity contribution in [3.05, 3.63) is 217 Å². The lowest BCUT2D eigenvalue weighted by molar-refractivity contribution is -0.107. The summed E-state index contributed by atoms with van der Waals surface area (Å²) in [5, 5.41) is 6.48. The van der Waals surface area contributed by atoms with Gasteiger partial charge in [-0.2, -0.15) is 0 Å². The first kappa shape index (κ1) is 55.7. The lowest BCUT2D eigenvalue weighted by Gasteiger charge is -2.21. The van der Waals surface area contributed by atoms with Crippen LogP contribution in [0.1, 0.15) is 82.7 Å². The van der Waals surface area contributed by atoms with E-state index >= 15 is 0 Å². The van der Waals surface area contributed by atoms with Gasteiger partial charge in [0.15, 0.2) is 5.11 Å². The van der Waals surface area contributed by atoms with Gasteiger partial charge in [-0.1, -0.05) is 133 Å². The molecule has 0 saturated heterocycles. The summed E-state index contributed by atoms with van der Waals surface area (Å²) in [6.07, 6.45) is 8.36. The van der Waals surface area contributed by atoms with Gasteiger partial charge in [0.1, 0.15) is 18.9 Å². The number of carbonyl (C=O) groups excluding carboxylic acids is 3. The van der Waals surface area contributed by atoms with Gasteiger partial charge >= 0.3 is 0 Å². The Kier molecular flexibility index (Phi) is 27.2. The summed E-state index contributed by atoms with van der Waals surface area (Å²) >= 11 is 9.92. The Morgan fingerprint density at radius 2 is 1.05 bits per heavy atom. The van der Waals surface area contributed by atoms with E-state index in [1.54, 1.807) is 6.08 Å². The van der Waals surface area contributed by atoms with E-state index in [0.717, 1.165) is 73.1 Å². The molecule has 0 radical (unpaired) electrons. The first-order valence-corrected chi connectivity index (χ1v) is 22.9. The average molecular weight is 918 g/mol. The quantitative estimate of drug-likeness (QED) is 0.0535. The number of hydrogen-bond donors (Lipinski definition) is 1. The van der Waals surface area contributed by atoms with E-state index in [0.29, 0.717) is 6.42 Å². The second-order valence-electron chi connectivity index (χ2n) is 16.0. The van der Waals surface area contributed by atoms with Crippen molar-refractivity contribution < 1.29 is 14.4 Å². The van der Waals surface area contributed by atoms with Crippen molar-refractivity contribution in [1.29, 1.82) is 0 Å². The minimum atomic E-state index is 0.529. The molecule has 0 atom stereocenters. The summed E-state index contributed by atoms with van der Waals surface area (Å²) < 4.78 is 0. The fourth-order valence-electron chi connectivity index (χ4n) is 6.10. The van der Waals surface area contributed by atoms with Crippen LogP contribution in [0.25, 0.3) is 6.08 Å². The van der Waals surface area contributed by atoms with Gasteiger partial charge in [-0.3, -0.25) is 9.59 Å². The molecule has 0 aliphatic heterocycles. The number of isothiocyanates is 1. The zero-order valence-corrected chi connectivity index (χ0v) is 41.9. The minimum absolute atomic E-state index is 0.529. The van der Waals surface area contributed by atoms with Gasteiger partial charge in [-0.05, 0) is 177 Å². The predicted octanol–water partition coefficient (Wildman–Crippen LogP) is 12.9. The molecule has 6 nitrogen and oxygen atoms in total. The molecule has 0 aliphatic carbocycles. The zero-order valence-electron chi connectivity index (χ0n) is 40.3. The van der Waals surface area contributed by atoms with Crippen LogP contribution in [-0.2, 0) is 35.4 Å². The third-order valence-electron chi connectivity index (χ3n) is 10.7. The standard InChI is InChI=1S/C19H24N2S.C11H12O.C10H12O.C9H9NS.C9H10O/c1-15-9-10-18(13-16(15)2)14-21(3)19(22)20-12-11-17-7-5-4-6-8-17;1-9-5-6-11(4-3-7-12)8-10(9)2;1-8-3-4-10(5-6-11)7-9(8)2;11-8-10-7-6-9-4-2-1-3-5-9;1-7-3-4-9(6-10)5-8(7)2/h4-10,13H,11-12,14H2,1-3H3,(H,20,22);3-8H,1-2H3;3-4,6-7H,5H2,1-2H3;1-5H,6-7H2;3-6H,1-2H3/b;4-3+;;;. The molecular weight excluding hydrogens is 851 g/mol. The zero-order chi connectivity index (χ0) is 48.7. The summed E-state index contributed by atoms with van der Waals surface area (Å²) in [6.45, 7) is 19.0. The molecule has 6 aromatic carbocycles. The molecule has 0 fully saturated rings. The minimum Gasteiger partial charge on any atom is -0.362 e. The Morgan fingerprint density at radius 3 is 1.53 bits per heavy atom. The van der Waals surface area contributed by atoms with Gasteiger partial charge in [0.2, 0.25) is 0 Å². The maximum Gasteiger partial charge on any atom is 0.168 e. The van der Waals surface area contributed by atoms with Crippen LogP contribution in [0.15, 0.2) is 145 Å². The number of aryl methyl sites for hydroxylation is 8. The van der Waals surface area contributed by atoms with Gasteiger partial charge in [0.25, 0.3) is 0 Å². The Labute approximate surface area is 405 Å². The third kappa shape index (κ3) is 23.0. The molecular formula is C58H67N3O3S2. The van der Waals surface area contributed by atoms with Gasteiger partial charge in [0.05, 0.1) is 11.7 Å². The van der Waals surface area contributed by atoms with Crippen LogP contribution in [0.5, 0.6) is 0 Å². The molecule has 0 aliphatic rings. The van der Waals surface area contributed by atoms with E-state index in [-0.39, 0.29) is 0 Å². The highest BCUT2D eigenvalue weighted by Gasteiger charge is 2.06. The van der Waals surface area contributed by atoms with E-state index in [1.165, 1.54) is 67.3 Å². The number of allylic oxidation sites excluding steroid dienone is 1. The molecule has 1 N–H and O–H groups in total. The Bertz CT molecular complexity index is 2490. The van der Waals surface area contributed by atoms with Crippen LogP contribution in [-0.4, -0.2) is 54.2 Å². The van der Waals surface area contributed by atoms with Gasteiger partial charge in [-0.25, -0.2) is 4.99 Å². The maximum absolute atomic E-state index is 10.3. The molecule has 0 unspecified atom stereocenters. The van der Waals surface area contributed by atoms with Crippen molar-refractivity contribution in [1.82, 2.24) is 10.2 Å². The number of hydrogen-bond acceptors (Lipinski definition) is 6. The van der Waals surface area contributed by atoms with Crippen molar-refractivity contribution >= 4 is 59.6 Å². The van der Waals surface area contributed by atoms with Crippen molar-refractivity contribution in [3.8, 4) is 0 Å². The lowest BCUT2D eigenvalue weighted by atomic mass is 10.1. The molecule has 8 heteroatoms. The topological polar surface area (TPSA) is 78.8 Å². The molecule has 6 aromatic rings. The first-order chi connectivity index (χ1) is 31.7. The average Bonchev–Trinajstić information content (AvgIpc) is 3.32. The van der Waals surface area contributed by atoms with Gasteiger partial charge in [0, 0.05) is 32.1 Å². The highest BCUT2D eigenvalue weighted by molar-refractivity contribution is 7.80. The third-order valence-corrected chi connectivity index (χ3v) is 11.3. The summed E-state index contributed by atoms with van der Waals surface area (Å²) in [5.74, 6) is 0. The van der Waals surface area contributed by atoms with Crippen LogP contribution >= 0.6 is 24.4 Å². The highest BCUT2D eigenvalue weighted by Crippen LogP contribution is 2.13. The number of aldehydes is 3. The predicted molar refractivity (Wildman–Crippen MR) is 286 cm³/mol. The maximum atomic E-state index is 10.3. The molecule has 0 saturated carbocycles.